The maximum Gasteiger partial charge on any atom is 0.0211 e. The maximum atomic E-state index is 2.33. The molecule has 1 atom stereocenters. The zero-order valence-electron chi connectivity index (χ0n) is 8.27. The van der Waals surface area contributed by atoms with Gasteiger partial charge in [0.15, 0.2) is 0 Å². The van der Waals surface area contributed by atoms with E-state index >= 15 is 0 Å². The van der Waals surface area contributed by atoms with E-state index in [4.69, 9.17) is 0 Å². The topological polar surface area (TPSA) is 0 Å². The predicted octanol–water partition coefficient (Wildman–Crippen LogP) is 3.88. The van der Waals surface area contributed by atoms with Gasteiger partial charge in [-0.3, -0.25) is 0 Å². The Morgan fingerprint density at radius 1 is 0.933 bits per heavy atom. The minimum Gasteiger partial charge on any atom is -0.0726 e. The first kappa shape index (κ1) is 7.47. The van der Waals surface area contributed by atoms with E-state index in [1.54, 1.807) is 0 Å². The molecular weight excluding hydrogens is 180 g/mol. The Hall–Kier alpha value is -1.82. The van der Waals surface area contributed by atoms with Crippen LogP contribution < -0.4 is 0 Å². The molecule has 0 fully saturated rings. The van der Waals surface area contributed by atoms with E-state index in [-0.39, 0.29) is 0 Å². The molecular formula is C15H10. The number of allylic oxidation sites excluding steroid dienone is 3. The fourth-order valence-electron chi connectivity index (χ4n) is 2.43. The highest BCUT2D eigenvalue weighted by Gasteiger charge is 2.28. The Kier molecular flexibility index (Phi) is 1.20. The van der Waals surface area contributed by atoms with Crippen LogP contribution in [-0.4, -0.2) is 0 Å². The standard InChI is InChI=1S/C15H10/c1-2-4-11-8-14-12(7-10(11)3-1)5-6-13-9-15(13)14/h1-9,13H. The molecule has 0 spiro atoms. The van der Waals surface area contributed by atoms with E-state index in [2.05, 4.69) is 54.6 Å². The Balaban J connectivity index is 2.11. The zero-order chi connectivity index (χ0) is 9.83. The number of benzene rings is 2. The van der Waals surface area contributed by atoms with E-state index in [0.29, 0.717) is 5.92 Å². The fourth-order valence-corrected chi connectivity index (χ4v) is 2.43. The molecule has 0 aromatic heterocycles. The largest absolute Gasteiger partial charge is 0.0726 e. The van der Waals surface area contributed by atoms with Crippen LogP contribution in [0, 0.1) is 5.92 Å². The minimum absolute atomic E-state index is 0.638. The number of rotatable bonds is 0. The van der Waals surface area contributed by atoms with Gasteiger partial charge in [-0.1, -0.05) is 42.5 Å². The van der Waals surface area contributed by atoms with Gasteiger partial charge in [-0.15, -0.1) is 0 Å². The lowest BCUT2D eigenvalue weighted by Crippen LogP contribution is -1.90. The first-order valence-electron chi connectivity index (χ1n) is 5.35. The molecule has 2 aliphatic rings. The molecule has 2 aliphatic carbocycles. The summed E-state index contributed by atoms with van der Waals surface area (Å²) < 4.78 is 0. The molecule has 0 heteroatoms. The lowest BCUT2D eigenvalue weighted by molar-refractivity contribution is 1.25. The zero-order valence-corrected chi connectivity index (χ0v) is 8.27. The third-order valence-electron chi connectivity index (χ3n) is 3.32. The van der Waals surface area contributed by atoms with Gasteiger partial charge in [0, 0.05) is 5.92 Å². The Bertz CT molecular complexity index is 630. The van der Waals surface area contributed by atoms with Crippen molar-refractivity contribution < 1.29 is 0 Å². The van der Waals surface area contributed by atoms with Crippen LogP contribution in [0.5, 0.6) is 0 Å². The molecule has 0 heterocycles. The Morgan fingerprint density at radius 3 is 2.60 bits per heavy atom. The lowest BCUT2D eigenvalue weighted by atomic mass is 9.94. The van der Waals surface area contributed by atoms with Crippen molar-refractivity contribution in [2.45, 2.75) is 0 Å². The van der Waals surface area contributed by atoms with Crippen LogP contribution in [-0.2, 0) is 0 Å². The van der Waals surface area contributed by atoms with Gasteiger partial charge in [-0.2, -0.15) is 0 Å². The van der Waals surface area contributed by atoms with Crippen molar-refractivity contribution in [2.24, 2.45) is 5.92 Å². The van der Waals surface area contributed by atoms with Crippen LogP contribution in [0.15, 0.2) is 48.6 Å². The molecule has 2 aromatic carbocycles. The van der Waals surface area contributed by atoms with Crippen molar-refractivity contribution in [1.29, 1.82) is 0 Å². The second kappa shape index (κ2) is 2.40. The summed E-state index contributed by atoms with van der Waals surface area (Å²) in [6.07, 6.45) is 6.86. The van der Waals surface area contributed by atoms with E-state index in [1.807, 2.05) is 0 Å². The van der Waals surface area contributed by atoms with E-state index in [1.165, 1.54) is 27.5 Å². The van der Waals surface area contributed by atoms with Crippen molar-refractivity contribution >= 4 is 22.4 Å². The molecule has 0 bridgehead atoms. The highest BCUT2D eigenvalue weighted by atomic mass is 14.3. The maximum absolute atomic E-state index is 2.33. The molecule has 70 valence electrons. The van der Waals surface area contributed by atoms with E-state index in [0.717, 1.165) is 0 Å². The Morgan fingerprint density at radius 2 is 1.73 bits per heavy atom. The second-order valence-electron chi connectivity index (χ2n) is 4.29. The molecule has 0 nitrogen and oxygen atoms in total. The van der Waals surface area contributed by atoms with Crippen molar-refractivity contribution in [3.05, 3.63) is 59.7 Å². The SMILES string of the molecule is C1=CC2C=C2c2cc3ccccc3cc21. The summed E-state index contributed by atoms with van der Waals surface area (Å²) in [5.41, 5.74) is 4.31. The van der Waals surface area contributed by atoms with Crippen molar-refractivity contribution in [3.8, 4) is 0 Å². The quantitative estimate of drug-likeness (QED) is 0.591. The second-order valence-corrected chi connectivity index (χ2v) is 4.29. The van der Waals surface area contributed by atoms with Gasteiger partial charge in [-0.05, 0) is 39.6 Å². The molecule has 4 rings (SSSR count). The summed E-state index contributed by atoms with van der Waals surface area (Å²) >= 11 is 0. The normalized spacial score (nSPS) is 20.8. The third-order valence-corrected chi connectivity index (χ3v) is 3.32. The van der Waals surface area contributed by atoms with Gasteiger partial charge in [0.05, 0.1) is 0 Å². The van der Waals surface area contributed by atoms with Gasteiger partial charge < -0.3 is 0 Å². The van der Waals surface area contributed by atoms with Crippen LogP contribution in [0.1, 0.15) is 11.1 Å². The van der Waals surface area contributed by atoms with Gasteiger partial charge in [0.2, 0.25) is 0 Å². The average molecular weight is 190 g/mol. The van der Waals surface area contributed by atoms with Crippen LogP contribution >= 0.6 is 0 Å². The molecule has 0 radical (unpaired) electrons. The van der Waals surface area contributed by atoms with Crippen LogP contribution in [0.2, 0.25) is 0 Å². The number of hydrogen-bond donors (Lipinski definition) is 0. The highest BCUT2D eigenvalue weighted by molar-refractivity contribution is 5.97. The van der Waals surface area contributed by atoms with Gasteiger partial charge in [0.1, 0.15) is 0 Å². The molecule has 2 aromatic rings. The average Bonchev–Trinajstić information content (AvgIpc) is 3.06. The summed E-state index contributed by atoms with van der Waals surface area (Å²) in [7, 11) is 0. The summed E-state index contributed by atoms with van der Waals surface area (Å²) in [6, 6.07) is 13.2. The molecule has 1 unspecified atom stereocenters. The molecule has 0 saturated heterocycles. The van der Waals surface area contributed by atoms with Crippen LogP contribution in [0.4, 0.5) is 0 Å². The molecule has 0 amide bonds. The monoisotopic (exact) mass is 190 g/mol. The summed E-state index contributed by atoms with van der Waals surface area (Å²) in [4.78, 5) is 0. The summed E-state index contributed by atoms with van der Waals surface area (Å²) in [5, 5.41) is 2.68. The predicted molar refractivity (Wildman–Crippen MR) is 64.4 cm³/mol. The molecule has 0 N–H and O–H groups in total. The minimum atomic E-state index is 0.638. The van der Waals surface area contributed by atoms with Crippen LogP contribution in [0.3, 0.4) is 0 Å². The summed E-state index contributed by atoms with van der Waals surface area (Å²) in [5.74, 6) is 0.638. The van der Waals surface area contributed by atoms with Gasteiger partial charge >= 0.3 is 0 Å². The summed E-state index contributed by atoms with van der Waals surface area (Å²) in [6.45, 7) is 0. The smallest absolute Gasteiger partial charge is 0.0211 e. The molecule has 0 saturated carbocycles. The molecule has 0 aliphatic heterocycles. The third kappa shape index (κ3) is 0.964. The van der Waals surface area contributed by atoms with Crippen molar-refractivity contribution in [3.63, 3.8) is 0 Å². The number of fused-ring (bicyclic) bond motifs is 4. The van der Waals surface area contributed by atoms with Gasteiger partial charge in [-0.25, -0.2) is 0 Å². The van der Waals surface area contributed by atoms with Crippen molar-refractivity contribution in [1.82, 2.24) is 0 Å². The fraction of sp³-hybridized carbons (Fsp3) is 0.0667. The lowest BCUT2D eigenvalue weighted by Gasteiger charge is -2.10. The van der Waals surface area contributed by atoms with Crippen molar-refractivity contribution in [2.75, 3.05) is 0 Å². The highest BCUT2D eigenvalue weighted by Crippen LogP contribution is 2.45. The van der Waals surface area contributed by atoms with E-state index < -0.39 is 0 Å². The van der Waals surface area contributed by atoms with Gasteiger partial charge in [0.25, 0.3) is 0 Å². The number of hydrogen-bond acceptors (Lipinski definition) is 0. The van der Waals surface area contributed by atoms with E-state index in [9.17, 15) is 0 Å². The first-order chi connectivity index (χ1) is 7.42. The Labute approximate surface area is 88.5 Å². The molecule has 15 heavy (non-hydrogen) atoms. The van der Waals surface area contributed by atoms with Crippen LogP contribution in [0.25, 0.3) is 22.4 Å². The first-order valence-corrected chi connectivity index (χ1v) is 5.35.